The Balaban J connectivity index is 1.43. The summed E-state index contributed by atoms with van der Waals surface area (Å²) in [7, 11) is 0. The van der Waals surface area contributed by atoms with Gasteiger partial charge in [-0.15, -0.1) is 0 Å². The number of aryl methyl sites for hydroxylation is 2. The molecule has 6 nitrogen and oxygen atoms in total. The Hall–Kier alpha value is -3.32. The van der Waals surface area contributed by atoms with E-state index in [1.54, 1.807) is 18.5 Å². The van der Waals surface area contributed by atoms with Gasteiger partial charge in [-0.1, -0.05) is 35.5 Å². The molecule has 5 rings (SSSR count). The molecule has 146 valence electrons. The lowest BCUT2D eigenvalue weighted by molar-refractivity contribution is 0.00126. The monoisotopic (exact) mass is 390 g/mol. The second kappa shape index (κ2) is 6.93. The minimum Gasteiger partial charge on any atom is -0.365 e. The highest BCUT2D eigenvalue weighted by molar-refractivity contribution is 5.60. The molecule has 0 amide bonds. The Labute approximate surface area is 167 Å². The van der Waals surface area contributed by atoms with Gasteiger partial charge in [0.2, 0.25) is 5.82 Å². The zero-order valence-electron chi connectivity index (χ0n) is 16.1. The maximum Gasteiger partial charge on any atom is 0.278 e. The number of imidazole rings is 1. The average molecular weight is 390 g/mol. The molecular weight excluding hydrogens is 371 g/mol. The summed E-state index contributed by atoms with van der Waals surface area (Å²) in [4.78, 5) is 8.97. The molecule has 29 heavy (non-hydrogen) atoms. The lowest BCUT2D eigenvalue weighted by atomic mass is 10.1. The zero-order valence-corrected chi connectivity index (χ0v) is 16.1. The van der Waals surface area contributed by atoms with Crippen molar-refractivity contribution in [2.75, 3.05) is 0 Å². The first-order valence-electron chi connectivity index (χ1n) is 9.42. The molecule has 0 radical (unpaired) electrons. The number of ether oxygens (including phenoxy) is 1. The van der Waals surface area contributed by atoms with Gasteiger partial charge >= 0.3 is 0 Å². The number of hydrogen-bond acceptors (Lipinski definition) is 5. The Kier molecular flexibility index (Phi) is 4.24. The molecular formula is C22H19FN4O2. The van der Waals surface area contributed by atoms with Crippen LogP contribution in [0.4, 0.5) is 4.39 Å². The average Bonchev–Trinajstić information content (AvgIpc) is 3.37. The molecule has 7 heteroatoms. The highest BCUT2D eigenvalue weighted by Gasteiger charge is 2.27. The summed E-state index contributed by atoms with van der Waals surface area (Å²) < 4.78 is 27.5. The van der Waals surface area contributed by atoms with Gasteiger partial charge in [0.15, 0.2) is 5.69 Å². The second-order valence-corrected chi connectivity index (χ2v) is 7.24. The summed E-state index contributed by atoms with van der Waals surface area (Å²) in [5.41, 5.74) is 5.26. The highest BCUT2D eigenvalue weighted by Crippen LogP contribution is 2.32. The van der Waals surface area contributed by atoms with Gasteiger partial charge in [-0.2, -0.15) is 4.98 Å². The third-order valence-corrected chi connectivity index (χ3v) is 5.38. The molecule has 0 spiro atoms. The standard InChI is InChI=1S/C22H19FN4O2/c1-13-7-8-15(9-14(13)2)21-25-22(29-26-21)20-18-11-28-19(10-27(18)12-24-20)16-5-3-4-6-17(16)23/h3-9,12,19H,10-11H2,1-2H3. The maximum atomic E-state index is 14.1. The minimum absolute atomic E-state index is 0.267. The zero-order chi connectivity index (χ0) is 20.0. The lowest BCUT2D eigenvalue weighted by Gasteiger charge is -2.25. The minimum atomic E-state index is -0.362. The van der Waals surface area contributed by atoms with Crippen molar-refractivity contribution in [1.82, 2.24) is 19.7 Å². The Morgan fingerprint density at radius 3 is 2.79 bits per heavy atom. The third-order valence-electron chi connectivity index (χ3n) is 5.38. The van der Waals surface area contributed by atoms with Gasteiger partial charge < -0.3 is 13.8 Å². The predicted octanol–water partition coefficient (Wildman–Crippen LogP) is 4.63. The van der Waals surface area contributed by atoms with Crippen LogP contribution >= 0.6 is 0 Å². The molecule has 4 aromatic rings. The molecule has 1 aliphatic heterocycles. The van der Waals surface area contributed by atoms with E-state index in [4.69, 9.17) is 9.26 Å². The van der Waals surface area contributed by atoms with Crippen molar-refractivity contribution in [3.05, 3.63) is 77.0 Å². The van der Waals surface area contributed by atoms with Crippen molar-refractivity contribution in [1.29, 1.82) is 0 Å². The Bertz CT molecular complexity index is 1200. The Morgan fingerprint density at radius 2 is 1.97 bits per heavy atom. The summed E-state index contributed by atoms with van der Waals surface area (Å²) in [6, 6.07) is 12.7. The van der Waals surface area contributed by atoms with Crippen molar-refractivity contribution >= 4 is 0 Å². The van der Waals surface area contributed by atoms with Crippen LogP contribution in [0.15, 0.2) is 53.3 Å². The lowest BCUT2D eigenvalue weighted by Crippen LogP contribution is -2.21. The van der Waals surface area contributed by atoms with Crippen LogP contribution in [0.3, 0.4) is 0 Å². The topological polar surface area (TPSA) is 66.0 Å². The van der Waals surface area contributed by atoms with Crippen LogP contribution in [0.2, 0.25) is 0 Å². The van der Waals surface area contributed by atoms with Crippen molar-refractivity contribution in [3.63, 3.8) is 0 Å². The first kappa shape index (κ1) is 17.8. The van der Waals surface area contributed by atoms with E-state index in [-0.39, 0.29) is 18.5 Å². The van der Waals surface area contributed by atoms with Gasteiger partial charge in [0, 0.05) is 11.1 Å². The van der Waals surface area contributed by atoms with Crippen molar-refractivity contribution in [2.24, 2.45) is 0 Å². The summed E-state index contributed by atoms with van der Waals surface area (Å²) in [5, 5.41) is 4.11. The van der Waals surface area contributed by atoms with Crippen LogP contribution in [-0.4, -0.2) is 19.7 Å². The van der Waals surface area contributed by atoms with Crippen molar-refractivity contribution in [2.45, 2.75) is 33.1 Å². The smallest absolute Gasteiger partial charge is 0.278 e. The van der Waals surface area contributed by atoms with Crippen LogP contribution in [0.5, 0.6) is 0 Å². The molecule has 0 saturated heterocycles. The molecule has 2 aromatic heterocycles. The second-order valence-electron chi connectivity index (χ2n) is 7.24. The number of fused-ring (bicyclic) bond motifs is 1. The fourth-order valence-electron chi connectivity index (χ4n) is 3.55. The van der Waals surface area contributed by atoms with Gasteiger partial charge in [0.1, 0.15) is 11.9 Å². The molecule has 1 aliphatic rings. The van der Waals surface area contributed by atoms with E-state index in [1.807, 2.05) is 28.8 Å². The largest absolute Gasteiger partial charge is 0.365 e. The number of halogens is 1. The van der Waals surface area contributed by atoms with E-state index in [0.29, 0.717) is 29.5 Å². The third kappa shape index (κ3) is 3.13. The normalized spacial score (nSPS) is 16.0. The highest BCUT2D eigenvalue weighted by atomic mass is 19.1. The first-order chi connectivity index (χ1) is 14.1. The van der Waals surface area contributed by atoms with Gasteiger partial charge in [0.25, 0.3) is 5.89 Å². The number of aromatic nitrogens is 4. The van der Waals surface area contributed by atoms with E-state index < -0.39 is 0 Å². The van der Waals surface area contributed by atoms with E-state index in [0.717, 1.165) is 11.3 Å². The van der Waals surface area contributed by atoms with Crippen LogP contribution in [-0.2, 0) is 17.9 Å². The molecule has 0 saturated carbocycles. The number of hydrogen-bond donors (Lipinski definition) is 0. The van der Waals surface area contributed by atoms with Crippen LogP contribution in [0, 0.1) is 19.7 Å². The molecule has 3 heterocycles. The number of benzene rings is 2. The van der Waals surface area contributed by atoms with E-state index >= 15 is 0 Å². The number of nitrogens with zero attached hydrogens (tertiary/aromatic N) is 4. The number of rotatable bonds is 3. The molecule has 2 aromatic carbocycles. The van der Waals surface area contributed by atoms with E-state index in [1.165, 1.54) is 17.2 Å². The maximum absolute atomic E-state index is 14.1. The summed E-state index contributed by atoms with van der Waals surface area (Å²) in [6.45, 7) is 4.87. The van der Waals surface area contributed by atoms with Crippen LogP contribution in [0.1, 0.15) is 28.5 Å². The summed E-state index contributed by atoms with van der Waals surface area (Å²) >= 11 is 0. The SMILES string of the molecule is Cc1ccc(-c2noc(-c3ncn4c3COC(c3ccccc3F)C4)n2)cc1C. The van der Waals surface area contributed by atoms with E-state index in [9.17, 15) is 4.39 Å². The summed E-state index contributed by atoms with van der Waals surface area (Å²) in [5.74, 6) is 0.599. The Morgan fingerprint density at radius 1 is 1.10 bits per heavy atom. The fourth-order valence-corrected chi connectivity index (χ4v) is 3.55. The van der Waals surface area contributed by atoms with Crippen molar-refractivity contribution in [3.8, 4) is 23.0 Å². The molecule has 0 bridgehead atoms. The van der Waals surface area contributed by atoms with Gasteiger partial charge in [-0.05, 0) is 37.1 Å². The molecule has 1 atom stereocenters. The van der Waals surface area contributed by atoms with Crippen molar-refractivity contribution < 1.29 is 13.7 Å². The first-order valence-corrected chi connectivity index (χ1v) is 9.42. The van der Waals surface area contributed by atoms with Crippen LogP contribution in [0.25, 0.3) is 23.0 Å². The molecule has 0 aliphatic carbocycles. The van der Waals surface area contributed by atoms with Gasteiger partial charge in [0.05, 0.1) is 25.2 Å². The predicted molar refractivity (Wildman–Crippen MR) is 104 cm³/mol. The quantitative estimate of drug-likeness (QED) is 0.510. The van der Waals surface area contributed by atoms with Gasteiger partial charge in [-0.25, -0.2) is 9.37 Å². The fraction of sp³-hybridized carbons (Fsp3) is 0.227. The molecule has 1 unspecified atom stereocenters. The molecule has 0 fully saturated rings. The molecule has 0 N–H and O–H groups in total. The van der Waals surface area contributed by atoms with Crippen LogP contribution < -0.4 is 0 Å². The van der Waals surface area contributed by atoms with Gasteiger partial charge in [-0.3, -0.25) is 0 Å². The van der Waals surface area contributed by atoms with E-state index in [2.05, 4.69) is 29.0 Å². The summed E-state index contributed by atoms with van der Waals surface area (Å²) in [6.07, 6.45) is 1.35.